The molecular formula is C16H20FNS. The van der Waals surface area contributed by atoms with E-state index in [9.17, 15) is 4.39 Å². The number of aryl methyl sites for hydroxylation is 1. The van der Waals surface area contributed by atoms with Crippen molar-refractivity contribution in [2.75, 3.05) is 7.05 Å². The Morgan fingerprint density at radius 1 is 1.21 bits per heavy atom. The first-order valence-electron chi connectivity index (χ1n) is 6.72. The largest absolute Gasteiger partial charge is 0.317 e. The number of rotatable bonds is 7. The van der Waals surface area contributed by atoms with Gasteiger partial charge in [-0.05, 0) is 61.9 Å². The van der Waals surface area contributed by atoms with Gasteiger partial charge in [-0.15, -0.1) is 11.3 Å². The number of likely N-dealkylation sites (N-methyl/N-ethyl adjacent to an activating group) is 1. The van der Waals surface area contributed by atoms with E-state index >= 15 is 0 Å². The van der Waals surface area contributed by atoms with E-state index in [1.165, 1.54) is 29.0 Å². The smallest absolute Gasteiger partial charge is 0.123 e. The Kier molecular flexibility index (Phi) is 5.55. The molecule has 0 aliphatic carbocycles. The van der Waals surface area contributed by atoms with Gasteiger partial charge in [-0.2, -0.15) is 0 Å². The molecule has 102 valence electrons. The number of halogens is 1. The van der Waals surface area contributed by atoms with Crippen LogP contribution in [0.15, 0.2) is 41.8 Å². The summed E-state index contributed by atoms with van der Waals surface area (Å²) in [7, 11) is 2.00. The molecule has 0 radical (unpaired) electrons. The molecule has 0 saturated heterocycles. The fourth-order valence-corrected chi connectivity index (χ4v) is 2.98. The molecule has 1 N–H and O–H groups in total. The lowest BCUT2D eigenvalue weighted by molar-refractivity contribution is 0.502. The Bertz CT molecular complexity index is 464. The van der Waals surface area contributed by atoms with Crippen LogP contribution in [0, 0.1) is 5.82 Å². The second-order valence-electron chi connectivity index (χ2n) is 4.79. The predicted octanol–water partition coefficient (Wildman–Crippen LogP) is 4.04. The van der Waals surface area contributed by atoms with E-state index in [0.717, 1.165) is 19.3 Å². The van der Waals surface area contributed by atoms with Gasteiger partial charge in [0.2, 0.25) is 0 Å². The first kappa shape index (κ1) is 14.2. The highest BCUT2D eigenvalue weighted by Crippen LogP contribution is 2.14. The number of hydrogen-bond donors (Lipinski definition) is 1. The highest BCUT2D eigenvalue weighted by Gasteiger charge is 2.07. The second-order valence-corrected chi connectivity index (χ2v) is 5.82. The lowest BCUT2D eigenvalue weighted by Crippen LogP contribution is -2.27. The molecule has 19 heavy (non-hydrogen) atoms. The van der Waals surface area contributed by atoms with Crippen LogP contribution in [0.1, 0.15) is 23.3 Å². The minimum Gasteiger partial charge on any atom is -0.317 e. The molecule has 1 unspecified atom stereocenters. The van der Waals surface area contributed by atoms with Gasteiger partial charge in [0.1, 0.15) is 5.82 Å². The van der Waals surface area contributed by atoms with Crippen LogP contribution in [-0.4, -0.2) is 13.1 Å². The third-order valence-corrected chi connectivity index (χ3v) is 4.30. The van der Waals surface area contributed by atoms with E-state index in [2.05, 4.69) is 22.8 Å². The number of nitrogens with one attached hydrogen (secondary N) is 1. The second kappa shape index (κ2) is 7.41. The van der Waals surface area contributed by atoms with Crippen molar-refractivity contribution in [3.8, 4) is 0 Å². The van der Waals surface area contributed by atoms with Gasteiger partial charge in [-0.3, -0.25) is 0 Å². The Morgan fingerprint density at radius 2 is 2.00 bits per heavy atom. The van der Waals surface area contributed by atoms with Crippen molar-refractivity contribution in [3.05, 3.63) is 58.0 Å². The summed E-state index contributed by atoms with van der Waals surface area (Å²) in [6.07, 6.45) is 4.44. The fraction of sp³-hybridized carbons (Fsp3) is 0.375. The zero-order valence-electron chi connectivity index (χ0n) is 11.2. The van der Waals surface area contributed by atoms with Crippen molar-refractivity contribution in [2.24, 2.45) is 0 Å². The summed E-state index contributed by atoms with van der Waals surface area (Å²) in [5.41, 5.74) is 1.19. The molecule has 2 rings (SSSR count). The van der Waals surface area contributed by atoms with E-state index in [1.807, 2.05) is 30.5 Å². The van der Waals surface area contributed by atoms with Crippen molar-refractivity contribution in [3.63, 3.8) is 0 Å². The quantitative estimate of drug-likeness (QED) is 0.805. The lowest BCUT2D eigenvalue weighted by Gasteiger charge is -2.16. The van der Waals surface area contributed by atoms with Crippen LogP contribution in [0.5, 0.6) is 0 Å². The summed E-state index contributed by atoms with van der Waals surface area (Å²) in [5.74, 6) is -0.164. The van der Waals surface area contributed by atoms with Crippen LogP contribution in [0.3, 0.4) is 0 Å². The molecule has 0 spiro atoms. The van der Waals surface area contributed by atoms with E-state index in [0.29, 0.717) is 6.04 Å². The van der Waals surface area contributed by atoms with Crippen LogP contribution in [0.2, 0.25) is 0 Å². The first-order chi connectivity index (χ1) is 9.28. The Hall–Kier alpha value is -1.19. The Labute approximate surface area is 118 Å². The van der Waals surface area contributed by atoms with Crippen LogP contribution in [0.4, 0.5) is 4.39 Å². The Morgan fingerprint density at radius 3 is 2.63 bits per heavy atom. The first-order valence-corrected chi connectivity index (χ1v) is 7.60. The standard InChI is InChI=1S/C16H20FNS/c1-18-15(4-2-5-16-6-3-11-19-16)12-13-7-9-14(17)10-8-13/h3,6-11,15,18H,2,4-5,12H2,1H3. The zero-order valence-corrected chi connectivity index (χ0v) is 12.0. The average Bonchev–Trinajstić information content (AvgIpc) is 2.93. The van der Waals surface area contributed by atoms with Gasteiger partial charge in [0, 0.05) is 10.9 Å². The highest BCUT2D eigenvalue weighted by molar-refractivity contribution is 7.09. The summed E-state index contributed by atoms with van der Waals surface area (Å²) < 4.78 is 12.9. The van der Waals surface area contributed by atoms with Gasteiger partial charge >= 0.3 is 0 Å². The van der Waals surface area contributed by atoms with Crippen LogP contribution in [0.25, 0.3) is 0 Å². The lowest BCUT2D eigenvalue weighted by atomic mass is 10.0. The normalized spacial score (nSPS) is 12.5. The molecule has 1 aromatic carbocycles. The number of thiophene rings is 1. The van der Waals surface area contributed by atoms with Crippen molar-refractivity contribution < 1.29 is 4.39 Å². The van der Waals surface area contributed by atoms with E-state index < -0.39 is 0 Å². The summed E-state index contributed by atoms with van der Waals surface area (Å²) in [5, 5.41) is 5.48. The predicted molar refractivity (Wildman–Crippen MR) is 80.2 cm³/mol. The Balaban J connectivity index is 1.78. The maximum Gasteiger partial charge on any atom is 0.123 e. The van der Waals surface area contributed by atoms with Gasteiger partial charge in [0.25, 0.3) is 0 Å². The molecular weight excluding hydrogens is 257 g/mol. The van der Waals surface area contributed by atoms with Gasteiger partial charge < -0.3 is 5.32 Å². The molecule has 0 aliphatic heterocycles. The minimum atomic E-state index is -0.164. The maximum absolute atomic E-state index is 12.9. The molecule has 2 aromatic rings. The van der Waals surface area contributed by atoms with Gasteiger partial charge in [0.15, 0.2) is 0 Å². The van der Waals surface area contributed by atoms with Crippen LogP contribution in [-0.2, 0) is 12.8 Å². The van der Waals surface area contributed by atoms with Crippen molar-refractivity contribution in [2.45, 2.75) is 31.7 Å². The highest BCUT2D eigenvalue weighted by atomic mass is 32.1. The molecule has 1 atom stereocenters. The summed E-state index contributed by atoms with van der Waals surface area (Å²) >= 11 is 1.83. The number of hydrogen-bond acceptors (Lipinski definition) is 2. The van der Waals surface area contributed by atoms with Crippen molar-refractivity contribution in [1.29, 1.82) is 0 Å². The topological polar surface area (TPSA) is 12.0 Å². The zero-order chi connectivity index (χ0) is 13.5. The van der Waals surface area contributed by atoms with Crippen LogP contribution >= 0.6 is 11.3 Å². The maximum atomic E-state index is 12.9. The third kappa shape index (κ3) is 4.77. The molecule has 0 bridgehead atoms. The van der Waals surface area contributed by atoms with Crippen molar-refractivity contribution in [1.82, 2.24) is 5.32 Å². The van der Waals surface area contributed by atoms with E-state index in [4.69, 9.17) is 0 Å². The summed E-state index contributed by atoms with van der Waals surface area (Å²) in [6.45, 7) is 0. The fourth-order valence-electron chi connectivity index (χ4n) is 2.23. The van der Waals surface area contributed by atoms with E-state index in [-0.39, 0.29) is 5.82 Å². The molecule has 0 amide bonds. The molecule has 1 aromatic heterocycles. The third-order valence-electron chi connectivity index (χ3n) is 3.36. The van der Waals surface area contributed by atoms with Gasteiger partial charge in [-0.1, -0.05) is 18.2 Å². The summed E-state index contributed by atoms with van der Waals surface area (Å²) in [4.78, 5) is 1.46. The monoisotopic (exact) mass is 277 g/mol. The average molecular weight is 277 g/mol. The molecule has 3 heteroatoms. The molecule has 0 aliphatic rings. The van der Waals surface area contributed by atoms with Gasteiger partial charge in [0.05, 0.1) is 0 Å². The molecule has 0 fully saturated rings. The SMILES string of the molecule is CNC(CCCc1cccs1)Cc1ccc(F)cc1. The molecule has 0 saturated carbocycles. The summed E-state index contributed by atoms with van der Waals surface area (Å²) in [6, 6.07) is 11.6. The van der Waals surface area contributed by atoms with Crippen molar-refractivity contribution >= 4 is 11.3 Å². The molecule has 1 heterocycles. The number of benzene rings is 1. The molecule has 1 nitrogen and oxygen atoms in total. The van der Waals surface area contributed by atoms with Crippen LogP contribution < -0.4 is 5.32 Å². The minimum absolute atomic E-state index is 0.164. The van der Waals surface area contributed by atoms with Gasteiger partial charge in [-0.25, -0.2) is 4.39 Å². The van der Waals surface area contributed by atoms with E-state index in [1.54, 1.807) is 0 Å².